The Balaban J connectivity index is 2.86. The molecule has 0 aliphatic carbocycles. The van der Waals surface area contributed by atoms with Crippen LogP contribution in [0.5, 0.6) is 5.75 Å². The summed E-state index contributed by atoms with van der Waals surface area (Å²) in [6, 6.07) is 8.91. The monoisotopic (exact) mass is 331 g/mol. The first-order chi connectivity index (χ1) is 10.3. The molecule has 0 aromatic heterocycles. The van der Waals surface area contributed by atoms with Gasteiger partial charge in [0.1, 0.15) is 12.4 Å². The quantitative estimate of drug-likeness (QED) is 0.306. The predicted octanol–water partition coefficient (Wildman–Crippen LogP) is 3.37. The van der Waals surface area contributed by atoms with E-state index in [0.717, 1.165) is 0 Å². The number of nitrogens with two attached hydrogens (primary N) is 1. The molecule has 1 aromatic rings. The number of benzene rings is 1. The van der Waals surface area contributed by atoms with Crippen LogP contribution in [0.1, 0.15) is 27.7 Å². The van der Waals surface area contributed by atoms with E-state index in [0.29, 0.717) is 12.4 Å². The standard InChI is InChI=1S/C15H26NO5P/c1-5-18-19-11-13(2)20-22(17,15(3,4)12-16)21-14-9-7-6-8-10-14/h6-10,13H,5,11-12,16H2,1-4H3/t13-,22?/m0/s1. The molecule has 0 saturated carbocycles. The fourth-order valence-corrected chi connectivity index (χ4v) is 3.25. The van der Waals surface area contributed by atoms with Crippen molar-refractivity contribution in [3.8, 4) is 5.75 Å². The van der Waals surface area contributed by atoms with Crippen LogP contribution in [-0.2, 0) is 18.9 Å². The molecule has 0 aliphatic rings. The number of hydrogen-bond donors (Lipinski definition) is 1. The van der Waals surface area contributed by atoms with Crippen LogP contribution in [0.3, 0.4) is 0 Å². The van der Waals surface area contributed by atoms with Crippen LogP contribution < -0.4 is 10.3 Å². The summed E-state index contributed by atoms with van der Waals surface area (Å²) < 4.78 is 24.6. The van der Waals surface area contributed by atoms with E-state index in [1.165, 1.54) is 0 Å². The van der Waals surface area contributed by atoms with Crippen LogP contribution in [0.15, 0.2) is 30.3 Å². The Morgan fingerprint density at radius 2 is 1.86 bits per heavy atom. The van der Waals surface area contributed by atoms with Gasteiger partial charge in [0, 0.05) is 6.54 Å². The zero-order chi connectivity index (χ0) is 16.6. The molecule has 1 rings (SSSR count). The van der Waals surface area contributed by atoms with Crippen molar-refractivity contribution in [3.05, 3.63) is 30.3 Å². The van der Waals surface area contributed by atoms with Gasteiger partial charge in [0.2, 0.25) is 0 Å². The molecule has 0 aliphatic heterocycles. The van der Waals surface area contributed by atoms with Gasteiger partial charge in [-0.15, -0.1) is 0 Å². The molecule has 6 nitrogen and oxygen atoms in total. The van der Waals surface area contributed by atoms with E-state index in [-0.39, 0.29) is 13.2 Å². The molecular weight excluding hydrogens is 305 g/mol. The highest BCUT2D eigenvalue weighted by atomic mass is 31.2. The zero-order valence-electron chi connectivity index (χ0n) is 13.7. The Bertz CT molecular complexity index is 480. The zero-order valence-corrected chi connectivity index (χ0v) is 14.5. The summed E-state index contributed by atoms with van der Waals surface area (Å²) >= 11 is 0. The van der Waals surface area contributed by atoms with Gasteiger partial charge in [0.15, 0.2) is 0 Å². The van der Waals surface area contributed by atoms with Crippen LogP contribution in [0.2, 0.25) is 0 Å². The Morgan fingerprint density at radius 3 is 2.41 bits per heavy atom. The SMILES string of the molecule is CCOOC[C@H](C)OP(=O)(Oc1ccccc1)C(C)(C)CN. The summed E-state index contributed by atoms with van der Waals surface area (Å²) in [5, 5.41) is -0.831. The van der Waals surface area contributed by atoms with E-state index in [4.69, 9.17) is 24.6 Å². The Labute approximate surface area is 132 Å². The van der Waals surface area contributed by atoms with Crippen LogP contribution in [-0.4, -0.2) is 31.0 Å². The maximum Gasteiger partial charge on any atom is 0.386 e. The second-order valence-electron chi connectivity index (χ2n) is 5.53. The average Bonchev–Trinajstić information content (AvgIpc) is 2.48. The van der Waals surface area contributed by atoms with Crippen molar-refractivity contribution >= 4 is 7.60 Å². The van der Waals surface area contributed by atoms with Gasteiger partial charge in [-0.05, 0) is 39.8 Å². The highest BCUT2D eigenvalue weighted by Crippen LogP contribution is 2.59. The minimum Gasteiger partial charge on any atom is -0.424 e. The molecule has 0 saturated heterocycles. The van der Waals surface area contributed by atoms with Crippen LogP contribution in [0, 0.1) is 0 Å². The van der Waals surface area contributed by atoms with Crippen molar-refractivity contribution in [2.45, 2.75) is 39.0 Å². The maximum absolute atomic E-state index is 13.3. The van der Waals surface area contributed by atoms with Gasteiger partial charge in [-0.3, -0.25) is 4.52 Å². The molecule has 1 unspecified atom stereocenters. The van der Waals surface area contributed by atoms with Crippen LogP contribution in [0.25, 0.3) is 0 Å². The van der Waals surface area contributed by atoms with Gasteiger partial charge < -0.3 is 10.3 Å². The molecule has 0 radical (unpaired) electrons. The molecule has 126 valence electrons. The van der Waals surface area contributed by atoms with Crippen molar-refractivity contribution in [2.75, 3.05) is 19.8 Å². The van der Waals surface area contributed by atoms with E-state index >= 15 is 0 Å². The van der Waals surface area contributed by atoms with Gasteiger partial charge in [-0.2, -0.15) is 0 Å². The van der Waals surface area contributed by atoms with Gasteiger partial charge in [-0.25, -0.2) is 14.3 Å². The third-order valence-electron chi connectivity index (χ3n) is 3.03. The number of para-hydroxylation sites is 1. The summed E-state index contributed by atoms with van der Waals surface area (Å²) in [6.45, 7) is 7.81. The Hall–Kier alpha value is -0.910. The van der Waals surface area contributed by atoms with Crippen molar-refractivity contribution in [1.82, 2.24) is 0 Å². The molecule has 0 bridgehead atoms. The molecule has 0 spiro atoms. The predicted molar refractivity (Wildman–Crippen MR) is 85.9 cm³/mol. The van der Waals surface area contributed by atoms with Gasteiger partial charge in [0.25, 0.3) is 0 Å². The lowest BCUT2D eigenvalue weighted by molar-refractivity contribution is -0.299. The molecule has 0 fully saturated rings. The van der Waals surface area contributed by atoms with E-state index in [9.17, 15) is 4.57 Å². The lowest BCUT2D eigenvalue weighted by Crippen LogP contribution is -2.35. The summed E-state index contributed by atoms with van der Waals surface area (Å²) in [6.07, 6.45) is -0.466. The van der Waals surface area contributed by atoms with E-state index in [1.807, 2.05) is 13.0 Å². The summed E-state index contributed by atoms with van der Waals surface area (Å²) in [4.78, 5) is 9.77. The molecule has 2 N–H and O–H groups in total. The summed E-state index contributed by atoms with van der Waals surface area (Å²) in [5.74, 6) is 0.477. The van der Waals surface area contributed by atoms with Crippen LogP contribution >= 0.6 is 7.60 Å². The maximum atomic E-state index is 13.3. The summed E-state index contributed by atoms with van der Waals surface area (Å²) in [5.41, 5.74) is 5.76. The third-order valence-corrected chi connectivity index (χ3v) is 5.79. The van der Waals surface area contributed by atoms with Crippen molar-refractivity contribution in [3.63, 3.8) is 0 Å². The first kappa shape index (κ1) is 19.1. The van der Waals surface area contributed by atoms with E-state index in [2.05, 4.69) is 0 Å². The fraction of sp³-hybridized carbons (Fsp3) is 0.600. The van der Waals surface area contributed by atoms with E-state index < -0.39 is 18.9 Å². The lowest BCUT2D eigenvalue weighted by atomic mass is 10.2. The van der Waals surface area contributed by atoms with Crippen molar-refractivity contribution in [2.24, 2.45) is 5.73 Å². The third kappa shape index (κ3) is 5.38. The van der Waals surface area contributed by atoms with Crippen molar-refractivity contribution in [1.29, 1.82) is 0 Å². The highest BCUT2D eigenvalue weighted by Gasteiger charge is 2.45. The van der Waals surface area contributed by atoms with Gasteiger partial charge in [0.05, 0.1) is 17.9 Å². The number of hydrogen-bond acceptors (Lipinski definition) is 6. The molecule has 7 heteroatoms. The minimum atomic E-state index is -3.51. The Morgan fingerprint density at radius 1 is 1.23 bits per heavy atom. The fourth-order valence-electron chi connectivity index (χ4n) is 1.51. The minimum absolute atomic E-state index is 0.149. The Kier molecular flexibility index (Phi) is 7.53. The van der Waals surface area contributed by atoms with Gasteiger partial charge in [-0.1, -0.05) is 18.2 Å². The number of rotatable bonds is 10. The molecular formula is C15H26NO5P. The molecule has 22 heavy (non-hydrogen) atoms. The first-order valence-corrected chi connectivity index (χ1v) is 8.86. The molecule has 2 atom stereocenters. The highest BCUT2D eigenvalue weighted by molar-refractivity contribution is 7.56. The van der Waals surface area contributed by atoms with Crippen molar-refractivity contribution < 1.29 is 23.4 Å². The van der Waals surface area contributed by atoms with Crippen LogP contribution in [0.4, 0.5) is 0 Å². The normalized spacial score (nSPS) is 16.0. The molecule has 1 aromatic carbocycles. The first-order valence-electron chi connectivity index (χ1n) is 7.32. The van der Waals surface area contributed by atoms with E-state index in [1.54, 1.807) is 45.0 Å². The smallest absolute Gasteiger partial charge is 0.386 e. The lowest BCUT2D eigenvalue weighted by Gasteiger charge is -2.33. The topological polar surface area (TPSA) is 80.0 Å². The average molecular weight is 331 g/mol. The van der Waals surface area contributed by atoms with Gasteiger partial charge >= 0.3 is 7.60 Å². The largest absolute Gasteiger partial charge is 0.424 e. The summed E-state index contributed by atoms with van der Waals surface area (Å²) in [7, 11) is -3.51. The second-order valence-corrected chi connectivity index (χ2v) is 8.12. The molecule has 0 heterocycles. The molecule has 0 amide bonds. The second kappa shape index (κ2) is 8.65.